The molecular formula is C8H11N5O4S. The Kier molecular flexibility index (Phi) is 3.05. The van der Waals surface area contributed by atoms with E-state index in [-0.39, 0.29) is 23.6 Å². The molecule has 1 aliphatic rings. The number of H-pyrrole nitrogens is 1. The molecule has 1 aromatic rings. The quantitative estimate of drug-likeness (QED) is 0.472. The molecule has 0 aromatic carbocycles. The maximum absolute atomic E-state index is 11.9. The molecule has 2 heterocycles. The predicted octanol–water partition coefficient (Wildman–Crippen LogP) is -1.92. The van der Waals surface area contributed by atoms with E-state index >= 15 is 0 Å². The first kappa shape index (κ1) is 12.5. The van der Waals surface area contributed by atoms with Crippen LogP contribution in [0, 0.1) is 0 Å². The first-order valence-corrected chi connectivity index (χ1v) is 6.53. The molecule has 0 spiro atoms. The number of nitrogen functional groups attached to an aromatic ring is 1. The molecule has 2 rings (SSSR count). The lowest BCUT2D eigenvalue weighted by atomic mass is 10.1. The smallest absolute Gasteiger partial charge is 0.246 e. The SMILES string of the molecule is Nc1[nH]ncc1S(=O)(=O)NC1CCC(=O)NC1=O. The van der Waals surface area contributed by atoms with Gasteiger partial charge in [0.25, 0.3) is 0 Å². The van der Waals surface area contributed by atoms with E-state index in [1.54, 1.807) is 0 Å². The molecule has 1 unspecified atom stereocenters. The van der Waals surface area contributed by atoms with E-state index in [9.17, 15) is 18.0 Å². The minimum absolute atomic E-state index is 0.0831. The average Bonchev–Trinajstić information content (AvgIpc) is 2.69. The van der Waals surface area contributed by atoms with E-state index in [0.29, 0.717) is 0 Å². The van der Waals surface area contributed by atoms with Crippen LogP contribution in [0.3, 0.4) is 0 Å². The molecule has 1 atom stereocenters. The number of carbonyl (C=O) groups excluding carboxylic acids is 2. The molecule has 10 heteroatoms. The van der Waals surface area contributed by atoms with E-state index in [4.69, 9.17) is 5.73 Å². The summed E-state index contributed by atoms with van der Waals surface area (Å²) >= 11 is 0. The summed E-state index contributed by atoms with van der Waals surface area (Å²) in [6, 6.07) is -0.984. The van der Waals surface area contributed by atoms with Crippen molar-refractivity contribution < 1.29 is 18.0 Å². The highest BCUT2D eigenvalue weighted by atomic mass is 32.2. The van der Waals surface area contributed by atoms with Crippen LogP contribution in [0.4, 0.5) is 5.82 Å². The lowest BCUT2D eigenvalue weighted by molar-refractivity contribution is -0.134. The number of piperidine rings is 1. The van der Waals surface area contributed by atoms with Crippen LogP contribution in [0.25, 0.3) is 0 Å². The van der Waals surface area contributed by atoms with Gasteiger partial charge >= 0.3 is 0 Å². The number of imide groups is 1. The van der Waals surface area contributed by atoms with Crippen molar-refractivity contribution in [1.82, 2.24) is 20.2 Å². The second kappa shape index (κ2) is 4.38. The van der Waals surface area contributed by atoms with Gasteiger partial charge in [-0.15, -0.1) is 0 Å². The topological polar surface area (TPSA) is 147 Å². The maximum atomic E-state index is 11.9. The molecule has 98 valence electrons. The largest absolute Gasteiger partial charge is 0.383 e. The number of carbonyl (C=O) groups is 2. The summed E-state index contributed by atoms with van der Waals surface area (Å²) in [4.78, 5) is 22.1. The van der Waals surface area contributed by atoms with Gasteiger partial charge in [-0.05, 0) is 6.42 Å². The van der Waals surface area contributed by atoms with Gasteiger partial charge in [-0.3, -0.25) is 20.0 Å². The van der Waals surface area contributed by atoms with Crippen LogP contribution >= 0.6 is 0 Å². The van der Waals surface area contributed by atoms with Gasteiger partial charge in [-0.2, -0.15) is 9.82 Å². The average molecular weight is 273 g/mol. The highest BCUT2D eigenvalue weighted by Crippen LogP contribution is 2.16. The molecule has 2 amide bonds. The van der Waals surface area contributed by atoms with Crippen molar-refractivity contribution in [1.29, 1.82) is 0 Å². The van der Waals surface area contributed by atoms with Crippen LogP contribution in [-0.2, 0) is 19.6 Å². The van der Waals surface area contributed by atoms with Crippen LogP contribution in [0.2, 0.25) is 0 Å². The van der Waals surface area contributed by atoms with Gasteiger partial charge < -0.3 is 5.73 Å². The molecule has 0 bridgehead atoms. The number of hydrogen-bond donors (Lipinski definition) is 4. The lowest BCUT2D eigenvalue weighted by Gasteiger charge is -2.21. The van der Waals surface area contributed by atoms with Crippen LogP contribution in [-0.4, -0.2) is 36.5 Å². The molecule has 0 saturated carbocycles. The Morgan fingerprint density at radius 2 is 2.17 bits per heavy atom. The van der Waals surface area contributed by atoms with Crippen molar-refractivity contribution in [2.45, 2.75) is 23.8 Å². The monoisotopic (exact) mass is 273 g/mol. The third kappa shape index (κ3) is 2.33. The number of nitrogens with zero attached hydrogens (tertiary/aromatic N) is 1. The van der Waals surface area contributed by atoms with Gasteiger partial charge in [0.15, 0.2) is 0 Å². The fourth-order valence-corrected chi connectivity index (χ4v) is 2.81. The molecule has 0 aliphatic carbocycles. The Balaban J connectivity index is 2.17. The number of nitrogens with one attached hydrogen (secondary N) is 3. The molecule has 0 radical (unpaired) electrons. The summed E-state index contributed by atoms with van der Waals surface area (Å²) in [5, 5.41) is 7.82. The van der Waals surface area contributed by atoms with Gasteiger partial charge in [-0.25, -0.2) is 8.42 Å². The summed E-state index contributed by atoms with van der Waals surface area (Å²) in [6.07, 6.45) is 1.24. The summed E-state index contributed by atoms with van der Waals surface area (Å²) in [7, 11) is -3.94. The number of nitrogens with two attached hydrogens (primary N) is 1. The highest BCUT2D eigenvalue weighted by molar-refractivity contribution is 7.89. The van der Waals surface area contributed by atoms with Crippen molar-refractivity contribution in [3.05, 3.63) is 6.20 Å². The van der Waals surface area contributed by atoms with Crippen LogP contribution in [0.1, 0.15) is 12.8 Å². The fourth-order valence-electron chi connectivity index (χ4n) is 1.56. The Hall–Kier alpha value is -1.94. The van der Waals surface area contributed by atoms with Crippen molar-refractivity contribution >= 4 is 27.7 Å². The molecule has 1 saturated heterocycles. The Morgan fingerprint density at radius 1 is 1.44 bits per heavy atom. The van der Waals surface area contributed by atoms with Gasteiger partial charge in [0.2, 0.25) is 21.8 Å². The first-order chi connectivity index (χ1) is 8.40. The highest BCUT2D eigenvalue weighted by Gasteiger charge is 2.31. The number of sulfonamides is 1. The normalized spacial score (nSPS) is 20.8. The first-order valence-electron chi connectivity index (χ1n) is 5.05. The number of anilines is 1. The van der Waals surface area contributed by atoms with Crippen LogP contribution < -0.4 is 15.8 Å². The van der Waals surface area contributed by atoms with Crippen molar-refractivity contribution in [3.63, 3.8) is 0 Å². The van der Waals surface area contributed by atoms with Crippen LogP contribution in [0.5, 0.6) is 0 Å². The second-order valence-corrected chi connectivity index (χ2v) is 5.46. The summed E-state index contributed by atoms with van der Waals surface area (Å²) in [5.41, 5.74) is 5.40. The zero-order chi connectivity index (χ0) is 13.3. The van der Waals surface area contributed by atoms with Crippen molar-refractivity contribution in [3.8, 4) is 0 Å². The Bertz CT molecular complexity index is 592. The summed E-state index contributed by atoms with van der Waals surface area (Å²) in [6.45, 7) is 0. The van der Waals surface area contributed by atoms with Crippen LogP contribution in [0.15, 0.2) is 11.1 Å². The van der Waals surface area contributed by atoms with Crippen molar-refractivity contribution in [2.75, 3.05) is 5.73 Å². The Morgan fingerprint density at radius 3 is 2.72 bits per heavy atom. The molecule has 5 N–H and O–H groups in total. The summed E-state index contributed by atoms with van der Waals surface area (Å²) in [5.74, 6) is -1.20. The summed E-state index contributed by atoms with van der Waals surface area (Å²) < 4.78 is 26.0. The minimum atomic E-state index is -3.94. The molecule has 1 aliphatic heterocycles. The van der Waals surface area contributed by atoms with Gasteiger partial charge in [0.05, 0.1) is 6.20 Å². The number of aromatic nitrogens is 2. The zero-order valence-electron chi connectivity index (χ0n) is 9.13. The van der Waals surface area contributed by atoms with E-state index in [1.807, 2.05) is 0 Å². The molecule has 1 fully saturated rings. The number of amides is 2. The van der Waals surface area contributed by atoms with Gasteiger partial charge in [0, 0.05) is 6.42 Å². The van der Waals surface area contributed by atoms with E-state index in [0.717, 1.165) is 6.20 Å². The second-order valence-electron chi connectivity index (χ2n) is 3.77. The van der Waals surface area contributed by atoms with Gasteiger partial charge in [-0.1, -0.05) is 0 Å². The lowest BCUT2D eigenvalue weighted by Crippen LogP contribution is -2.52. The molecular weight excluding hydrogens is 262 g/mol. The van der Waals surface area contributed by atoms with Gasteiger partial charge in [0.1, 0.15) is 16.8 Å². The third-order valence-electron chi connectivity index (χ3n) is 2.46. The maximum Gasteiger partial charge on any atom is 0.246 e. The van der Waals surface area contributed by atoms with E-state index in [2.05, 4.69) is 20.2 Å². The molecule has 18 heavy (non-hydrogen) atoms. The third-order valence-corrected chi connectivity index (χ3v) is 3.96. The number of rotatable bonds is 3. The molecule has 9 nitrogen and oxygen atoms in total. The zero-order valence-corrected chi connectivity index (χ0v) is 9.95. The number of aromatic amines is 1. The molecule has 1 aromatic heterocycles. The van der Waals surface area contributed by atoms with E-state index in [1.165, 1.54) is 0 Å². The van der Waals surface area contributed by atoms with E-state index < -0.39 is 27.9 Å². The van der Waals surface area contributed by atoms with Crippen molar-refractivity contribution in [2.24, 2.45) is 0 Å². The fraction of sp³-hybridized carbons (Fsp3) is 0.375. The number of hydrogen-bond acceptors (Lipinski definition) is 6. The standard InChI is InChI=1S/C8H11N5O4S/c9-7-5(3-10-12-7)18(16,17)13-4-1-2-6(14)11-8(4)15/h3-4,13H,1-2H2,(H3,9,10,12)(H,11,14,15). The predicted molar refractivity (Wildman–Crippen MR) is 59.5 cm³/mol. The minimum Gasteiger partial charge on any atom is -0.383 e. The Labute approximate surface area is 102 Å².